The molecule has 6 nitrogen and oxygen atoms in total. The topological polar surface area (TPSA) is 95.2 Å². The number of nitrogens with zero attached hydrogens (tertiary/aromatic N) is 2. The Kier molecular flexibility index (Phi) is 3.09. The summed E-state index contributed by atoms with van der Waals surface area (Å²) in [6.45, 7) is 1.52. The molecule has 6 heteroatoms. The van der Waals surface area contributed by atoms with Crippen LogP contribution in [0.5, 0.6) is 0 Å². The molecule has 1 aromatic heterocycles. The molecule has 0 aliphatic rings. The summed E-state index contributed by atoms with van der Waals surface area (Å²) < 4.78 is 4.90. The number of nitrogens with two attached hydrogens (primary N) is 1. The van der Waals surface area contributed by atoms with Crippen molar-refractivity contribution in [3.63, 3.8) is 0 Å². The molecule has 2 rings (SSSR count). The molecule has 0 unspecified atom stereocenters. The zero-order valence-electron chi connectivity index (χ0n) is 9.66. The number of hydrogen-bond acceptors (Lipinski definition) is 5. The summed E-state index contributed by atoms with van der Waals surface area (Å²) in [5.74, 6) is 0.112. The van der Waals surface area contributed by atoms with E-state index in [4.69, 9.17) is 10.3 Å². The van der Waals surface area contributed by atoms with Gasteiger partial charge in [-0.3, -0.25) is 10.1 Å². The van der Waals surface area contributed by atoms with Crippen molar-refractivity contribution in [2.75, 3.05) is 5.73 Å². The predicted octanol–water partition coefficient (Wildman–Crippen LogP) is 2.64. The van der Waals surface area contributed by atoms with Crippen molar-refractivity contribution in [2.45, 2.75) is 6.92 Å². The fourth-order valence-corrected chi connectivity index (χ4v) is 1.54. The van der Waals surface area contributed by atoms with Crippen molar-refractivity contribution in [3.8, 4) is 0 Å². The maximum atomic E-state index is 10.8. The molecule has 0 saturated carbocycles. The van der Waals surface area contributed by atoms with Crippen molar-refractivity contribution < 1.29 is 9.45 Å². The third-order valence-corrected chi connectivity index (χ3v) is 2.45. The number of rotatable bonds is 3. The van der Waals surface area contributed by atoms with Gasteiger partial charge in [0.15, 0.2) is 5.69 Å². The van der Waals surface area contributed by atoms with Gasteiger partial charge in [0.05, 0.1) is 4.92 Å². The van der Waals surface area contributed by atoms with Gasteiger partial charge < -0.3 is 10.3 Å². The number of anilines is 1. The van der Waals surface area contributed by atoms with Gasteiger partial charge in [-0.15, -0.1) is 0 Å². The Bertz CT molecular complexity index is 617. The second-order valence-electron chi connectivity index (χ2n) is 3.70. The van der Waals surface area contributed by atoms with Crippen LogP contribution in [-0.2, 0) is 0 Å². The molecule has 2 N–H and O–H groups in total. The standard InChI is InChI=1S/C12H11N3O3/c1-8-12(15(16)17)11(18-14-8)7-6-9-4-2-3-5-10(9)13/h2-7H,13H2,1H3/b7-6+. The Morgan fingerprint density at radius 1 is 1.39 bits per heavy atom. The van der Waals surface area contributed by atoms with Crippen molar-refractivity contribution in [1.29, 1.82) is 0 Å². The largest absolute Gasteiger partial charge is 0.398 e. The van der Waals surface area contributed by atoms with E-state index in [0.29, 0.717) is 5.69 Å². The fourth-order valence-electron chi connectivity index (χ4n) is 1.54. The highest BCUT2D eigenvalue weighted by atomic mass is 16.6. The van der Waals surface area contributed by atoms with E-state index in [0.717, 1.165) is 5.56 Å². The number of hydrogen-bond donors (Lipinski definition) is 1. The average molecular weight is 245 g/mol. The SMILES string of the molecule is Cc1noc(/C=C/c2ccccc2N)c1[N+](=O)[O-]. The molecule has 0 fully saturated rings. The molecule has 0 bridgehead atoms. The molecule has 0 aliphatic carbocycles. The summed E-state index contributed by atoms with van der Waals surface area (Å²) in [5, 5.41) is 14.4. The molecule has 1 aromatic carbocycles. The lowest BCUT2D eigenvalue weighted by Gasteiger charge is -1.97. The first kappa shape index (κ1) is 11.8. The first-order chi connectivity index (χ1) is 8.59. The second-order valence-corrected chi connectivity index (χ2v) is 3.70. The Hall–Kier alpha value is -2.63. The van der Waals surface area contributed by atoms with Gasteiger partial charge in [0, 0.05) is 5.69 Å². The minimum absolute atomic E-state index is 0.112. The zero-order valence-corrected chi connectivity index (χ0v) is 9.66. The lowest BCUT2D eigenvalue weighted by Crippen LogP contribution is -1.90. The van der Waals surface area contributed by atoms with Crippen LogP contribution in [0.3, 0.4) is 0 Å². The van der Waals surface area contributed by atoms with Crippen LogP contribution >= 0.6 is 0 Å². The van der Waals surface area contributed by atoms with Gasteiger partial charge in [-0.25, -0.2) is 0 Å². The molecule has 1 heterocycles. The summed E-state index contributed by atoms with van der Waals surface area (Å²) in [6.07, 6.45) is 3.14. The molecule has 2 aromatic rings. The van der Waals surface area contributed by atoms with Gasteiger partial charge in [-0.05, 0) is 30.7 Å². The summed E-state index contributed by atoms with van der Waals surface area (Å²) in [6, 6.07) is 7.20. The van der Waals surface area contributed by atoms with Crippen LogP contribution in [0.4, 0.5) is 11.4 Å². The van der Waals surface area contributed by atoms with Crippen LogP contribution in [0.2, 0.25) is 0 Å². The van der Waals surface area contributed by atoms with Gasteiger partial charge >= 0.3 is 5.69 Å². The molecule has 0 spiro atoms. The summed E-state index contributed by atoms with van der Waals surface area (Å²) in [5.41, 5.74) is 7.24. The Labute approximate surface area is 103 Å². The van der Waals surface area contributed by atoms with Gasteiger partial charge in [-0.1, -0.05) is 23.4 Å². The molecule has 0 saturated heterocycles. The highest BCUT2D eigenvalue weighted by molar-refractivity contribution is 5.76. The van der Waals surface area contributed by atoms with E-state index in [1.807, 2.05) is 12.1 Å². The minimum atomic E-state index is -0.514. The van der Waals surface area contributed by atoms with Crippen molar-refractivity contribution in [3.05, 3.63) is 51.4 Å². The molecule has 18 heavy (non-hydrogen) atoms. The number of para-hydroxylation sites is 1. The molecule has 92 valence electrons. The monoisotopic (exact) mass is 245 g/mol. The molecule has 0 aliphatic heterocycles. The quantitative estimate of drug-likeness (QED) is 0.509. The van der Waals surface area contributed by atoms with Gasteiger partial charge in [-0.2, -0.15) is 0 Å². The van der Waals surface area contributed by atoms with Crippen LogP contribution in [0.15, 0.2) is 28.8 Å². The molecule has 0 radical (unpaired) electrons. The Morgan fingerprint density at radius 2 is 2.11 bits per heavy atom. The van der Waals surface area contributed by atoms with Gasteiger partial charge in [0.2, 0.25) is 5.76 Å². The maximum absolute atomic E-state index is 10.8. The number of nitro groups is 1. The average Bonchev–Trinajstić information content (AvgIpc) is 2.69. The van der Waals surface area contributed by atoms with E-state index in [2.05, 4.69) is 5.16 Å². The van der Waals surface area contributed by atoms with Crippen LogP contribution in [-0.4, -0.2) is 10.1 Å². The molecule has 0 amide bonds. The van der Waals surface area contributed by atoms with Crippen molar-refractivity contribution >= 4 is 23.5 Å². The normalized spacial score (nSPS) is 10.9. The highest BCUT2D eigenvalue weighted by Gasteiger charge is 2.21. The van der Waals surface area contributed by atoms with Crippen molar-refractivity contribution in [1.82, 2.24) is 5.16 Å². The van der Waals surface area contributed by atoms with Crippen molar-refractivity contribution in [2.24, 2.45) is 0 Å². The second kappa shape index (κ2) is 4.70. The smallest absolute Gasteiger partial charge is 0.338 e. The van der Waals surface area contributed by atoms with Crippen LogP contribution < -0.4 is 5.73 Å². The van der Waals surface area contributed by atoms with E-state index >= 15 is 0 Å². The van der Waals surface area contributed by atoms with E-state index in [1.165, 1.54) is 13.0 Å². The first-order valence-corrected chi connectivity index (χ1v) is 5.23. The van der Waals surface area contributed by atoms with E-state index in [1.54, 1.807) is 18.2 Å². The van der Waals surface area contributed by atoms with E-state index in [-0.39, 0.29) is 17.1 Å². The number of aryl methyl sites for hydroxylation is 1. The summed E-state index contributed by atoms with van der Waals surface area (Å²) in [7, 11) is 0. The third kappa shape index (κ3) is 2.22. The lowest BCUT2D eigenvalue weighted by atomic mass is 10.1. The summed E-state index contributed by atoms with van der Waals surface area (Å²) >= 11 is 0. The first-order valence-electron chi connectivity index (χ1n) is 5.23. The lowest BCUT2D eigenvalue weighted by molar-refractivity contribution is -0.386. The van der Waals surface area contributed by atoms with Crippen LogP contribution in [0.1, 0.15) is 17.0 Å². The third-order valence-electron chi connectivity index (χ3n) is 2.45. The molecular weight excluding hydrogens is 234 g/mol. The molecule has 0 atom stereocenters. The van der Waals surface area contributed by atoms with Crippen LogP contribution in [0, 0.1) is 17.0 Å². The van der Waals surface area contributed by atoms with Crippen LogP contribution in [0.25, 0.3) is 12.2 Å². The van der Waals surface area contributed by atoms with E-state index in [9.17, 15) is 10.1 Å². The Balaban J connectivity index is 2.36. The van der Waals surface area contributed by atoms with E-state index < -0.39 is 4.92 Å². The zero-order chi connectivity index (χ0) is 13.1. The minimum Gasteiger partial charge on any atom is -0.398 e. The van der Waals surface area contributed by atoms with Gasteiger partial charge in [0.25, 0.3) is 0 Å². The Morgan fingerprint density at radius 3 is 2.78 bits per heavy atom. The molecular formula is C12H11N3O3. The number of benzene rings is 1. The summed E-state index contributed by atoms with van der Waals surface area (Å²) in [4.78, 5) is 10.3. The number of aromatic nitrogens is 1. The predicted molar refractivity (Wildman–Crippen MR) is 67.7 cm³/mol. The maximum Gasteiger partial charge on any atom is 0.338 e. The van der Waals surface area contributed by atoms with Gasteiger partial charge in [0.1, 0.15) is 0 Å². The fraction of sp³-hybridized carbons (Fsp3) is 0.0833. The highest BCUT2D eigenvalue weighted by Crippen LogP contribution is 2.25. The number of nitrogen functional groups attached to an aromatic ring is 1.